The molecule has 5 heteroatoms. The first-order valence-electron chi connectivity index (χ1n) is 5.00. The van der Waals surface area contributed by atoms with Gasteiger partial charge < -0.3 is 10.4 Å². The van der Waals surface area contributed by atoms with Gasteiger partial charge in [0.25, 0.3) is 0 Å². The maximum atomic E-state index is 9.90. The molecule has 2 heterocycles. The Balaban J connectivity index is 1.95. The molecule has 78 valence electrons. The molecule has 1 aromatic heterocycles. The molecule has 2 N–H and O–H groups in total. The van der Waals surface area contributed by atoms with E-state index in [0.29, 0.717) is 11.7 Å². The van der Waals surface area contributed by atoms with Gasteiger partial charge in [0, 0.05) is 7.05 Å². The number of aryl methyl sites for hydroxylation is 1. The maximum Gasteiger partial charge on any atom is 0.155 e. The highest BCUT2D eigenvalue weighted by atomic mass is 16.3. The van der Waals surface area contributed by atoms with Gasteiger partial charge in [0.2, 0.25) is 0 Å². The van der Waals surface area contributed by atoms with E-state index in [9.17, 15) is 5.11 Å². The van der Waals surface area contributed by atoms with E-state index in [1.165, 1.54) is 6.33 Å². The Morgan fingerprint density at radius 3 is 3.21 bits per heavy atom. The molecule has 0 aliphatic carbocycles. The van der Waals surface area contributed by atoms with Crippen molar-refractivity contribution in [2.75, 3.05) is 13.1 Å². The van der Waals surface area contributed by atoms with Crippen molar-refractivity contribution < 1.29 is 5.11 Å². The maximum absolute atomic E-state index is 9.90. The van der Waals surface area contributed by atoms with Crippen LogP contribution < -0.4 is 5.32 Å². The largest absolute Gasteiger partial charge is 0.385 e. The van der Waals surface area contributed by atoms with Crippen LogP contribution in [0.5, 0.6) is 0 Å². The molecular weight excluding hydrogens is 180 g/mol. The minimum atomic E-state index is -0.479. The fourth-order valence-corrected chi connectivity index (χ4v) is 1.94. The minimum absolute atomic E-state index is 0.479. The molecule has 0 aromatic carbocycles. The van der Waals surface area contributed by atoms with Crippen LogP contribution in [0, 0.1) is 5.92 Å². The molecule has 0 bridgehead atoms. The number of aliphatic hydroxyl groups is 1. The molecule has 2 rings (SSSR count). The molecule has 1 aromatic rings. The molecule has 1 aliphatic rings. The van der Waals surface area contributed by atoms with Crippen molar-refractivity contribution in [3.8, 4) is 0 Å². The smallest absolute Gasteiger partial charge is 0.155 e. The first-order chi connectivity index (χ1) is 6.77. The van der Waals surface area contributed by atoms with Crippen LogP contribution in [0.15, 0.2) is 6.33 Å². The van der Waals surface area contributed by atoms with Gasteiger partial charge in [-0.05, 0) is 31.8 Å². The standard InChI is InChI=1S/C9H16N4O/c1-13-9(11-6-12-13)8(14)4-7-2-3-10-5-7/h6-8,10,14H,2-5H2,1H3. The Hall–Kier alpha value is -0.940. The SMILES string of the molecule is Cn1ncnc1C(O)CC1CCNC1. The van der Waals surface area contributed by atoms with Crippen molar-refractivity contribution in [3.05, 3.63) is 12.2 Å². The average molecular weight is 196 g/mol. The van der Waals surface area contributed by atoms with E-state index < -0.39 is 6.10 Å². The zero-order chi connectivity index (χ0) is 9.97. The molecule has 0 spiro atoms. The van der Waals surface area contributed by atoms with Crippen LogP contribution in [0.4, 0.5) is 0 Å². The van der Waals surface area contributed by atoms with E-state index in [1.54, 1.807) is 11.7 Å². The van der Waals surface area contributed by atoms with Crippen molar-refractivity contribution >= 4 is 0 Å². The summed E-state index contributed by atoms with van der Waals surface area (Å²) in [5, 5.41) is 17.1. The third kappa shape index (κ3) is 1.93. The summed E-state index contributed by atoms with van der Waals surface area (Å²) < 4.78 is 1.63. The van der Waals surface area contributed by atoms with Crippen molar-refractivity contribution in [2.24, 2.45) is 13.0 Å². The Morgan fingerprint density at radius 2 is 2.64 bits per heavy atom. The van der Waals surface area contributed by atoms with Crippen molar-refractivity contribution in [1.82, 2.24) is 20.1 Å². The summed E-state index contributed by atoms with van der Waals surface area (Å²) in [5.74, 6) is 1.23. The quantitative estimate of drug-likeness (QED) is 0.705. The van der Waals surface area contributed by atoms with Crippen LogP contribution in [-0.2, 0) is 7.05 Å². The molecule has 1 fully saturated rings. The molecule has 5 nitrogen and oxygen atoms in total. The second-order valence-corrected chi connectivity index (χ2v) is 3.85. The first-order valence-corrected chi connectivity index (χ1v) is 5.00. The third-order valence-corrected chi connectivity index (χ3v) is 2.76. The Morgan fingerprint density at radius 1 is 1.79 bits per heavy atom. The lowest BCUT2D eigenvalue weighted by atomic mass is 10.0. The van der Waals surface area contributed by atoms with Crippen LogP contribution in [-0.4, -0.2) is 33.0 Å². The molecule has 1 aliphatic heterocycles. The van der Waals surface area contributed by atoms with Gasteiger partial charge in [-0.1, -0.05) is 0 Å². The van der Waals surface area contributed by atoms with Crippen LogP contribution >= 0.6 is 0 Å². The first kappa shape index (κ1) is 9.61. The Labute approximate surface area is 83.2 Å². The van der Waals surface area contributed by atoms with Gasteiger partial charge in [-0.15, -0.1) is 0 Å². The predicted molar refractivity (Wildman–Crippen MR) is 51.6 cm³/mol. The summed E-state index contributed by atoms with van der Waals surface area (Å²) in [5.41, 5.74) is 0. The van der Waals surface area contributed by atoms with Crippen LogP contribution in [0.2, 0.25) is 0 Å². The summed E-state index contributed by atoms with van der Waals surface area (Å²) in [4.78, 5) is 4.04. The second-order valence-electron chi connectivity index (χ2n) is 3.85. The van der Waals surface area contributed by atoms with Gasteiger partial charge in [-0.25, -0.2) is 4.98 Å². The number of nitrogens with zero attached hydrogens (tertiary/aromatic N) is 3. The number of hydrogen-bond acceptors (Lipinski definition) is 4. The lowest BCUT2D eigenvalue weighted by Crippen LogP contribution is -2.14. The number of rotatable bonds is 3. The molecule has 1 saturated heterocycles. The molecule has 14 heavy (non-hydrogen) atoms. The number of aromatic nitrogens is 3. The van der Waals surface area contributed by atoms with Crippen molar-refractivity contribution in [3.63, 3.8) is 0 Å². The fraction of sp³-hybridized carbons (Fsp3) is 0.778. The zero-order valence-electron chi connectivity index (χ0n) is 8.35. The van der Waals surface area contributed by atoms with Crippen molar-refractivity contribution in [2.45, 2.75) is 18.9 Å². The topological polar surface area (TPSA) is 63.0 Å². The highest BCUT2D eigenvalue weighted by molar-refractivity contribution is 4.91. The highest BCUT2D eigenvalue weighted by Crippen LogP contribution is 2.22. The van der Waals surface area contributed by atoms with Gasteiger partial charge in [0.15, 0.2) is 5.82 Å². The van der Waals surface area contributed by atoms with E-state index in [4.69, 9.17) is 0 Å². The molecule has 0 radical (unpaired) electrons. The van der Waals surface area contributed by atoms with E-state index in [-0.39, 0.29) is 0 Å². The van der Waals surface area contributed by atoms with Gasteiger partial charge in [0.1, 0.15) is 12.4 Å². The monoisotopic (exact) mass is 196 g/mol. The van der Waals surface area contributed by atoms with E-state index in [0.717, 1.165) is 25.9 Å². The predicted octanol–water partition coefficient (Wildman–Crippen LogP) is -0.152. The molecule has 0 amide bonds. The van der Waals surface area contributed by atoms with Gasteiger partial charge in [-0.3, -0.25) is 4.68 Å². The van der Waals surface area contributed by atoms with Gasteiger partial charge >= 0.3 is 0 Å². The van der Waals surface area contributed by atoms with E-state index in [2.05, 4.69) is 15.4 Å². The lowest BCUT2D eigenvalue weighted by Gasteiger charge is -2.13. The van der Waals surface area contributed by atoms with Crippen LogP contribution in [0.3, 0.4) is 0 Å². The van der Waals surface area contributed by atoms with Crippen molar-refractivity contribution in [1.29, 1.82) is 0 Å². The molecule has 2 atom stereocenters. The summed E-state index contributed by atoms with van der Waals surface area (Å²) in [6.07, 6.45) is 2.92. The lowest BCUT2D eigenvalue weighted by molar-refractivity contribution is 0.134. The summed E-state index contributed by atoms with van der Waals surface area (Å²) >= 11 is 0. The molecular formula is C9H16N4O. The molecule has 0 saturated carbocycles. The fourth-order valence-electron chi connectivity index (χ4n) is 1.94. The minimum Gasteiger partial charge on any atom is -0.385 e. The van der Waals surface area contributed by atoms with Gasteiger partial charge in [-0.2, -0.15) is 5.10 Å². The van der Waals surface area contributed by atoms with E-state index in [1.807, 2.05) is 0 Å². The number of nitrogens with one attached hydrogen (secondary N) is 1. The van der Waals surface area contributed by atoms with E-state index >= 15 is 0 Å². The highest BCUT2D eigenvalue weighted by Gasteiger charge is 2.21. The second kappa shape index (κ2) is 4.06. The number of hydrogen-bond donors (Lipinski definition) is 2. The zero-order valence-corrected chi connectivity index (χ0v) is 8.35. The van der Waals surface area contributed by atoms with Gasteiger partial charge in [0.05, 0.1) is 0 Å². The van der Waals surface area contributed by atoms with Crippen LogP contribution in [0.25, 0.3) is 0 Å². The summed E-state index contributed by atoms with van der Waals surface area (Å²) in [6, 6.07) is 0. The average Bonchev–Trinajstić information content (AvgIpc) is 2.75. The Bertz CT molecular complexity index is 293. The Kier molecular flexibility index (Phi) is 2.79. The summed E-state index contributed by atoms with van der Waals surface area (Å²) in [6.45, 7) is 2.07. The van der Waals surface area contributed by atoms with Crippen LogP contribution in [0.1, 0.15) is 24.8 Å². The third-order valence-electron chi connectivity index (χ3n) is 2.76. The normalized spacial score (nSPS) is 24.0. The molecule has 2 unspecified atom stereocenters. The number of aliphatic hydroxyl groups excluding tert-OH is 1. The summed E-state index contributed by atoms with van der Waals surface area (Å²) in [7, 11) is 1.80.